The third-order valence-corrected chi connectivity index (χ3v) is 3.91. The minimum absolute atomic E-state index is 0.413. The number of aryl methyl sites for hydroxylation is 1. The van der Waals surface area contributed by atoms with Crippen LogP contribution in [0.15, 0.2) is 48.7 Å². The van der Waals surface area contributed by atoms with Crippen LogP contribution in [-0.4, -0.2) is 28.4 Å². The van der Waals surface area contributed by atoms with E-state index >= 15 is 0 Å². The first-order valence-electron chi connectivity index (χ1n) is 8.42. The van der Waals surface area contributed by atoms with Gasteiger partial charge in [-0.3, -0.25) is 0 Å². The molecule has 1 aromatic heterocycles. The number of hydrogen-bond donors (Lipinski definition) is 2. The highest BCUT2D eigenvalue weighted by Crippen LogP contribution is 2.33. The molecule has 1 aliphatic heterocycles. The van der Waals surface area contributed by atoms with Crippen LogP contribution in [0.25, 0.3) is 0 Å². The van der Waals surface area contributed by atoms with Crippen molar-refractivity contribution >= 4 is 17.5 Å². The van der Waals surface area contributed by atoms with Gasteiger partial charge in [0.25, 0.3) is 0 Å². The number of aromatic nitrogens is 3. The van der Waals surface area contributed by atoms with Gasteiger partial charge in [0, 0.05) is 18.3 Å². The molecule has 26 heavy (non-hydrogen) atoms. The summed E-state index contributed by atoms with van der Waals surface area (Å²) in [7, 11) is 0. The largest absolute Gasteiger partial charge is 0.486 e. The Morgan fingerprint density at radius 2 is 1.92 bits per heavy atom. The molecule has 0 atom stereocenters. The molecule has 0 spiro atoms. The lowest BCUT2D eigenvalue weighted by molar-refractivity contribution is 0.171. The molecule has 0 radical (unpaired) electrons. The molecule has 1 aliphatic rings. The molecule has 4 rings (SSSR count). The van der Waals surface area contributed by atoms with Crippen LogP contribution < -0.4 is 20.1 Å². The third kappa shape index (κ3) is 3.83. The molecule has 0 saturated heterocycles. The highest BCUT2D eigenvalue weighted by atomic mass is 16.6. The van der Waals surface area contributed by atoms with Crippen LogP contribution in [-0.2, 0) is 6.54 Å². The number of nitrogens with one attached hydrogen (secondary N) is 2. The van der Waals surface area contributed by atoms with Gasteiger partial charge in [0.2, 0.25) is 5.95 Å². The Morgan fingerprint density at radius 3 is 2.81 bits per heavy atom. The average Bonchev–Trinajstić information content (AvgIpc) is 2.67. The van der Waals surface area contributed by atoms with E-state index in [4.69, 9.17) is 9.47 Å². The topological polar surface area (TPSA) is 81.2 Å². The highest BCUT2D eigenvalue weighted by molar-refractivity contribution is 5.60. The summed E-state index contributed by atoms with van der Waals surface area (Å²) in [6.07, 6.45) is 1.60. The van der Waals surface area contributed by atoms with Gasteiger partial charge in [0.1, 0.15) is 13.2 Å². The summed E-state index contributed by atoms with van der Waals surface area (Å²) < 4.78 is 11.1. The maximum Gasteiger partial charge on any atom is 0.249 e. The average molecular weight is 349 g/mol. The third-order valence-electron chi connectivity index (χ3n) is 3.91. The Hall–Kier alpha value is -3.35. The van der Waals surface area contributed by atoms with Crippen LogP contribution in [0.3, 0.4) is 0 Å². The second-order valence-electron chi connectivity index (χ2n) is 5.99. The minimum atomic E-state index is 0.413. The first-order chi connectivity index (χ1) is 12.8. The molecule has 0 unspecified atom stereocenters. The van der Waals surface area contributed by atoms with Gasteiger partial charge in [-0.15, -0.1) is 5.10 Å². The Kier molecular flexibility index (Phi) is 4.51. The van der Waals surface area contributed by atoms with Gasteiger partial charge in [-0.25, -0.2) is 0 Å². The minimum Gasteiger partial charge on any atom is -0.486 e. The van der Waals surface area contributed by atoms with Crippen molar-refractivity contribution in [1.29, 1.82) is 0 Å². The summed E-state index contributed by atoms with van der Waals surface area (Å²) in [6.45, 7) is 3.86. The first-order valence-corrected chi connectivity index (χ1v) is 8.42. The van der Waals surface area contributed by atoms with Crippen molar-refractivity contribution in [3.8, 4) is 11.5 Å². The Labute approximate surface area is 151 Å². The second kappa shape index (κ2) is 7.26. The lowest BCUT2D eigenvalue weighted by atomic mass is 10.1. The van der Waals surface area contributed by atoms with Crippen LogP contribution in [0.4, 0.5) is 17.5 Å². The fraction of sp³-hybridized carbons (Fsp3) is 0.211. The number of ether oxygens (including phenoxy) is 2. The zero-order valence-corrected chi connectivity index (χ0v) is 14.4. The lowest BCUT2D eigenvalue weighted by Crippen LogP contribution is -2.15. The van der Waals surface area contributed by atoms with Crippen molar-refractivity contribution in [3.63, 3.8) is 0 Å². The van der Waals surface area contributed by atoms with Crippen molar-refractivity contribution in [2.75, 3.05) is 23.8 Å². The molecule has 0 fully saturated rings. The van der Waals surface area contributed by atoms with E-state index < -0.39 is 0 Å². The Balaban J connectivity index is 1.44. The molecule has 7 nitrogen and oxygen atoms in total. The molecule has 2 aromatic carbocycles. The SMILES string of the molecule is Cc1cccc(CNc2cnnc(Nc3ccc4c(c3)OCCO4)n2)c1. The van der Waals surface area contributed by atoms with E-state index in [2.05, 4.69) is 50.9 Å². The summed E-state index contributed by atoms with van der Waals surface area (Å²) in [6, 6.07) is 13.9. The number of rotatable bonds is 5. The van der Waals surface area contributed by atoms with Gasteiger partial charge in [-0.2, -0.15) is 10.1 Å². The maximum atomic E-state index is 5.59. The molecule has 2 N–H and O–H groups in total. The van der Waals surface area contributed by atoms with Crippen molar-refractivity contribution < 1.29 is 9.47 Å². The van der Waals surface area contributed by atoms with Crippen LogP contribution in [0.5, 0.6) is 11.5 Å². The van der Waals surface area contributed by atoms with E-state index in [0.717, 1.165) is 11.4 Å². The molecule has 0 aliphatic carbocycles. The quantitative estimate of drug-likeness (QED) is 0.731. The zero-order valence-electron chi connectivity index (χ0n) is 14.4. The summed E-state index contributed by atoms with van der Waals surface area (Å²) in [5.41, 5.74) is 3.22. The summed E-state index contributed by atoms with van der Waals surface area (Å²) >= 11 is 0. The summed E-state index contributed by atoms with van der Waals surface area (Å²) in [4.78, 5) is 4.45. The molecule has 0 saturated carbocycles. The molecule has 7 heteroatoms. The predicted octanol–water partition coefficient (Wildman–Crippen LogP) is 3.31. The van der Waals surface area contributed by atoms with Crippen molar-refractivity contribution in [1.82, 2.24) is 15.2 Å². The standard InChI is InChI=1S/C19H19N5O2/c1-13-3-2-4-14(9-13)11-20-18-12-21-24-19(23-18)22-15-5-6-16-17(10-15)26-8-7-25-16/h2-6,9-10,12H,7-8,11H2,1H3,(H2,20,22,23,24). The van der Waals surface area contributed by atoms with Crippen LogP contribution in [0, 0.1) is 6.92 Å². The van der Waals surface area contributed by atoms with Gasteiger partial charge in [0.15, 0.2) is 17.3 Å². The van der Waals surface area contributed by atoms with Crippen LogP contribution >= 0.6 is 0 Å². The molecule has 0 amide bonds. The molecule has 3 aromatic rings. The van der Waals surface area contributed by atoms with Crippen LogP contribution in [0.2, 0.25) is 0 Å². The fourth-order valence-electron chi connectivity index (χ4n) is 2.71. The molecule has 2 heterocycles. The van der Waals surface area contributed by atoms with Crippen LogP contribution in [0.1, 0.15) is 11.1 Å². The van der Waals surface area contributed by atoms with Crippen molar-refractivity contribution in [2.45, 2.75) is 13.5 Å². The fourth-order valence-corrected chi connectivity index (χ4v) is 2.71. The Morgan fingerprint density at radius 1 is 1.04 bits per heavy atom. The van der Waals surface area contributed by atoms with E-state index in [0.29, 0.717) is 37.3 Å². The molecular formula is C19H19N5O2. The zero-order chi connectivity index (χ0) is 17.8. The van der Waals surface area contributed by atoms with Crippen molar-refractivity contribution in [3.05, 3.63) is 59.8 Å². The normalized spacial score (nSPS) is 12.5. The number of hydrogen-bond acceptors (Lipinski definition) is 7. The van der Waals surface area contributed by atoms with Gasteiger partial charge in [-0.05, 0) is 24.6 Å². The predicted molar refractivity (Wildman–Crippen MR) is 99.0 cm³/mol. The first kappa shape index (κ1) is 16.1. The van der Waals surface area contributed by atoms with Crippen molar-refractivity contribution in [2.24, 2.45) is 0 Å². The van der Waals surface area contributed by atoms with Gasteiger partial charge >= 0.3 is 0 Å². The van der Waals surface area contributed by atoms with E-state index in [-0.39, 0.29) is 0 Å². The van der Waals surface area contributed by atoms with E-state index in [1.165, 1.54) is 11.1 Å². The smallest absolute Gasteiger partial charge is 0.249 e. The molecule has 0 bridgehead atoms. The van der Waals surface area contributed by atoms with E-state index in [9.17, 15) is 0 Å². The monoisotopic (exact) mass is 349 g/mol. The number of nitrogens with zero attached hydrogens (tertiary/aromatic N) is 3. The van der Waals surface area contributed by atoms with E-state index in [1.54, 1.807) is 6.20 Å². The number of benzene rings is 2. The second-order valence-corrected chi connectivity index (χ2v) is 5.99. The summed E-state index contributed by atoms with van der Waals surface area (Å²) in [5.74, 6) is 2.52. The number of fused-ring (bicyclic) bond motifs is 1. The van der Waals surface area contributed by atoms with Gasteiger partial charge in [-0.1, -0.05) is 29.8 Å². The maximum absolute atomic E-state index is 5.59. The Bertz CT molecular complexity index is 916. The number of anilines is 3. The van der Waals surface area contributed by atoms with E-state index in [1.807, 2.05) is 24.3 Å². The van der Waals surface area contributed by atoms with Gasteiger partial charge < -0.3 is 20.1 Å². The molecular weight excluding hydrogens is 330 g/mol. The lowest BCUT2D eigenvalue weighted by Gasteiger charge is -2.19. The van der Waals surface area contributed by atoms with Gasteiger partial charge in [0.05, 0.1) is 6.20 Å². The summed E-state index contributed by atoms with van der Waals surface area (Å²) in [5, 5.41) is 14.4. The molecule has 132 valence electrons. The highest BCUT2D eigenvalue weighted by Gasteiger charge is 2.12.